The van der Waals surface area contributed by atoms with Crippen LogP contribution in [0.25, 0.3) is 0 Å². The summed E-state index contributed by atoms with van der Waals surface area (Å²) in [5, 5.41) is 0.601. The molecule has 214 valence electrons. The molecule has 0 N–H and O–H groups in total. The van der Waals surface area contributed by atoms with Crippen LogP contribution in [-0.2, 0) is 14.3 Å². The molecule has 0 spiro atoms. The van der Waals surface area contributed by atoms with Crippen molar-refractivity contribution in [2.45, 2.75) is 82.3 Å². The van der Waals surface area contributed by atoms with E-state index in [1.54, 1.807) is 19.2 Å². The van der Waals surface area contributed by atoms with Gasteiger partial charge in [-0.25, -0.2) is 13.6 Å². The van der Waals surface area contributed by atoms with Gasteiger partial charge in [0.1, 0.15) is 6.10 Å². The number of likely N-dealkylation sites (tertiary alicyclic amines) is 2. The second-order valence-corrected chi connectivity index (χ2v) is 12.6. The van der Waals surface area contributed by atoms with E-state index in [0.29, 0.717) is 44.0 Å². The molecule has 4 fully saturated rings. The van der Waals surface area contributed by atoms with Crippen LogP contribution in [0.15, 0.2) is 24.3 Å². The third-order valence-electron chi connectivity index (χ3n) is 9.26. The Hall–Kier alpha value is -2.42. The number of carbonyl (C=O) groups is 3. The Labute approximate surface area is 233 Å². The van der Waals surface area contributed by atoms with Crippen LogP contribution >= 0.6 is 11.6 Å². The van der Waals surface area contributed by atoms with Crippen molar-refractivity contribution in [3.8, 4) is 0 Å². The highest BCUT2D eigenvalue weighted by Crippen LogP contribution is 2.47. The maximum atomic E-state index is 13.6. The number of alkyl halides is 2. The summed E-state index contributed by atoms with van der Waals surface area (Å²) in [7, 11) is 1.66. The minimum Gasteiger partial charge on any atom is -0.446 e. The average Bonchev–Trinajstić information content (AvgIpc) is 3.52. The van der Waals surface area contributed by atoms with E-state index >= 15 is 0 Å². The zero-order chi connectivity index (χ0) is 27.9. The van der Waals surface area contributed by atoms with Gasteiger partial charge in [-0.1, -0.05) is 30.7 Å². The van der Waals surface area contributed by atoms with Gasteiger partial charge in [-0.3, -0.25) is 9.59 Å². The van der Waals surface area contributed by atoms with Crippen molar-refractivity contribution < 1.29 is 27.9 Å². The third kappa shape index (κ3) is 6.18. The van der Waals surface area contributed by atoms with Crippen molar-refractivity contribution in [2.75, 3.05) is 33.2 Å². The van der Waals surface area contributed by atoms with E-state index in [1.165, 1.54) is 4.90 Å². The Balaban J connectivity index is 1.24. The highest BCUT2D eigenvalue weighted by molar-refractivity contribution is 6.30. The molecule has 0 bridgehead atoms. The van der Waals surface area contributed by atoms with E-state index in [4.69, 9.17) is 16.3 Å². The summed E-state index contributed by atoms with van der Waals surface area (Å²) >= 11 is 6.11. The van der Waals surface area contributed by atoms with Gasteiger partial charge in [-0.2, -0.15) is 0 Å². The first-order valence-corrected chi connectivity index (χ1v) is 14.5. The molecule has 1 aromatic carbocycles. The molecule has 39 heavy (non-hydrogen) atoms. The van der Waals surface area contributed by atoms with Crippen LogP contribution in [0.2, 0.25) is 5.02 Å². The smallest absolute Gasteiger partial charge is 0.410 e. The van der Waals surface area contributed by atoms with Crippen molar-refractivity contribution in [2.24, 2.45) is 11.3 Å². The summed E-state index contributed by atoms with van der Waals surface area (Å²) < 4.78 is 32.7. The van der Waals surface area contributed by atoms with Gasteiger partial charge in [-0.05, 0) is 56.2 Å². The number of halogens is 3. The van der Waals surface area contributed by atoms with Gasteiger partial charge in [0.15, 0.2) is 0 Å². The molecule has 2 atom stereocenters. The first-order valence-electron chi connectivity index (χ1n) is 14.1. The topological polar surface area (TPSA) is 70.2 Å². The molecule has 5 rings (SSSR count). The Morgan fingerprint density at radius 2 is 1.56 bits per heavy atom. The first-order chi connectivity index (χ1) is 18.5. The fourth-order valence-electron chi connectivity index (χ4n) is 6.26. The van der Waals surface area contributed by atoms with Gasteiger partial charge in [0.05, 0.1) is 6.04 Å². The molecule has 2 aliphatic carbocycles. The Morgan fingerprint density at radius 1 is 0.949 bits per heavy atom. The van der Waals surface area contributed by atoms with Crippen molar-refractivity contribution in [3.05, 3.63) is 34.9 Å². The number of hydrogen-bond acceptors (Lipinski definition) is 4. The number of nitrogens with zero attached hydrogens (tertiary/aromatic N) is 3. The highest BCUT2D eigenvalue weighted by atomic mass is 35.5. The number of carbonyl (C=O) groups excluding carboxylic acids is 3. The second kappa shape index (κ2) is 10.9. The quantitative estimate of drug-likeness (QED) is 0.484. The minimum atomic E-state index is -2.69. The van der Waals surface area contributed by atoms with Gasteiger partial charge in [0.2, 0.25) is 17.7 Å². The monoisotopic (exact) mass is 565 g/mol. The fourth-order valence-corrected chi connectivity index (χ4v) is 6.39. The average molecular weight is 566 g/mol. The van der Waals surface area contributed by atoms with Crippen LogP contribution < -0.4 is 0 Å². The summed E-state index contributed by atoms with van der Waals surface area (Å²) in [6.45, 7) is 4.01. The number of benzene rings is 1. The normalized spacial score (nSPS) is 26.8. The van der Waals surface area contributed by atoms with Crippen molar-refractivity contribution >= 4 is 29.5 Å². The zero-order valence-corrected chi connectivity index (χ0v) is 23.5. The number of rotatable bonds is 5. The number of likely N-dealkylation sites (N-methyl/N-ethyl adjacent to an activating group) is 1. The minimum absolute atomic E-state index is 0.0532. The molecule has 2 heterocycles. The standard InChI is InChI=1S/C29H38ClF2N3O4/c1-28(13-14-28)26(37)34-15-9-20(10-16-34)25(36)35-17-23(19-3-5-21(30)6-4-19)24(18-35)33(2)27(38)39-22-7-11-29(31,32)12-8-22/h3-6,20,22-24H,7-18H2,1-2H3/t23-,24+/m0/s1. The lowest BCUT2D eigenvalue weighted by Gasteiger charge is -2.35. The highest BCUT2D eigenvalue weighted by Gasteiger charge is 2.48. The van der Waals surface area contributed by atoms with Gasteiger partial charge in [-0.15, -0.1) is 0 Å². The summed E-state index contributed by atoms with van der Waals surface area (Å²) in [5.41, 5.74) is 0.762. The zero-order valence-electron chi connectivity index (χ0n) is 22.7. The molecule has 2 aliphatic heterocycles. The molecule has 1 aromatic rings. The van der Waals surface area contributed by atoms with Gasteiger partial charge in [0, 0.05) is 68.3 Å². The van der Waals surface area contributed by atoms with Gasteiger partial charge < -0.3 is 19.4 Å². The Bertz CT molecular complexity index is 1080. The lowest BCUT2D eigenvalue weighted by molar-refractivity contribution is -0.142. The number of amides is 3. The van der Waals surface area contributed by atoms with Crippen molar-refractivity contribution in [3.63, 3.8) is 0 Å². The van der Waals surface area contributed by atoms with Gasteiger partial charge >= 0.3 is 6.09 Å². The Kier molecular flexibility index (Phi) is 7.83. The molecular formula is C29H38ClF2N3O4. The van der Waals surface area contributed by atoms with Crippen LogP contribution in [0.1, 0.15) is 69.8 Å². The molecular weight excluding hydrogens is 528 g/mol. The largest absolute Gasteiger partial charge is 0.446 e. The maximum absolute atomic E-state index is 13.6. The van der Waals surface area contributed by atoms with E-state index in [0.717, 1.165) is 18.4 Å². The SMILES string of the molecule is CN(C(=O)OC1CCC(F)(F)CC1)[C@@H]1CN(C(=O)C2CCN(C(=O)C3(C)CC3)CC2)C[C@H]1c1ccc(Cl)cc1. The first kappa shape index (κ1) is 28.1. The molecule has 0 radical (unpaired) electrons. The van der Waals surface area contributed by atoms with Crippen molar-refractivity contribution in [1.82, 2.24) is 14.7 Å². The third-order valence-corrected chi connectivity index (χ3v) is 9.52. The predicted octanol–water partition coefficient (Wildman–Crippen LogP) is 5.32. The predicted molar refractivity (Wildman–Crippen MR) is 143 cm³/mol. The number of ether oxygens (including phenoxy) is 1. The van der Waals surface area contributed by atoms with E-state index in [1.807, 2.05) is 28.9 Å². The summed E-state index contributed by atoms with van der Waals surface area (Å²) in [6.07, 6.45) is 1.79. The summed E-state index contributed by atoms with van der Waals surface area (Å²) in [4.78, 5) is 44.7. The lowest BCUT2D eigenvalue weighted by Crippen LogP contribution is -2.47. The van der Waals surface area contributed by atoms with Crippen LogP contribution in [0, 0.1) is 11.3 Å². The van der Waals surface area contributed by atoms with Crippen molar-refractivity contribution in [1.29, 1.82) is 0 Å². The molecule has 0 unspecified atom stereocenters. The van der Waals surface area contributed by atoms with E-state index in [-0.39, 0.29) is 60.8 Å². The van der Waals surface area contributed by atoms with E-state index in [2.05, 4.69) is 0 Å². The van der Waals surface area contributed by atoms with E-state index in [9.17, 15) is 23.2 Å². The van der Waals surface area contributed by atoms with Crippen LogP contribution in [0.4, 0.5) is 13.6 Å². The van der Waals surface area contributed by atoms with Crippen LogP contribution in [-0.4, -0.2) is 83.9 Å². The second-order valence-electron chi connectivity index (χ2n) is 12.1. The molecule has 0 aromatic heterocycles. The lowest BCUT2D eigenvalue weighted by atomic mass is 9.93. The van der Waals surface area contributed by atoms with Crippen LogP contribution in [0.3, 0.4) is 0 Å². The number of piperidine rings is 1. The molecule has 3 amide bonds. The molecule has 10 heteroatoms. The molecule has 2 saturated heterocycles. The maximum Gasteiger partial charge on any atom is 0.410 e. The van der Waals surface area contributed by atoms with Gasteiger partial charge in [0.25, 0.3) is 0 Å². The molecule has 2 saturated carbocycles. The molecule has 4 aliphatic rings. The van der Waals surface area contributed by atoms with E-state index < -0.39 is 18.1 Å². The summed E-state index contributed by atoms with van der Waals surface area (Å²) in [5.74, 6) is -2.74. The Morgan fingerprint density at radius 3 is 2.15 bits per heavy atom. The molecule has 7 nitrogen and oxygen atoms in total. The summed E-state index contributed by atoms with van der Waals surface area (Å²) in [6, 6.07) is 7.10. The fraction of sp³-hybridized carbons (Fsp3) is 0.690. The number of hydrogen-bond donors (Lipinski definition) is 0. The van der Waals surface area contributed by atoms with Crippen LogP contribution in [0.5, 0.6) is 0 Å².